The Morgan fingerprint density at radius 1 is 0.941 bits per heavy atom. The van der Waals surface area contributed by atoms with Crippen molar-refractivity contribution < 1.29 is 14.6 Å². The monoisotopic (exact) mass is 458 g/mol. The second kappa shape index (κ2) is 10.00. The zero-order valence-electron chi connectivity index (χ0n) is 20.0. The Bertz CT molecular complexity index is 1050. The van der Waals surface area contributed by atoms with Crippen LogP contribution in [0, 0.1) is 0 Å². The molecule has 0 aromatic heterocycles. The Hall–Kier alpha value is -3.15. The maximum atomic E-state index is 13.1. The molecule has 1 saturated heterocycles. The summed E-state index contributed by atoms with van der Waals surface area (Å²) in [4.78, 5) is 15.5. The van der Waals surface area contributed by atoms with Gasteiger partial charge in [-0.2, -0.15) is 0 Å². The van der Waals surface area contributed by atoms with Crippen molar-refractivity contribution in [3.63, 3.8) is 0 Å². The van der Waals surface area contributed by atoms with E-state index in [2.05, 4.69) is 18.7 Å². The van der Waals surface area contributed by atoms with Crippen molar-refractivity contribution in [1.82, 2.24) is 4.90 Å². The Morgan fingerprint density at radius 3 is 2.06 bits per heavy atom. The number of phenolic OH excluding ortho intramolecular Hbond substituents is 1. The number of hydrogen-bond acceptors (Lipinski definition) is 4. The number of carbonyl (C=O) groups is 1. The fourth-order valence-electron chi connectivity index (χ4n) is 4.86. The van der Waals surface area contributed by atoms with Crippen molar-refractivity contribution in [2.75, 3.05) is 13.1 Å². The van der Waals surface area contributed by atoms with E-state index in [0.717, 1.165) is 36.2 Å². The number of phenols is 1. The van der Waals surface area contributed by atoms with Gasteiger partial charge in [-0.1, -0.05) is 72.8 Å². The molecule has 0 bridgehead atoms. The number of carbonyl (C=O) groups excluding carboxylic acids is 1. The molecule has 0 spiro atoms. The SMILES string of the molecule is CC(C)(CCC(C(N)=O)(c1ccccc1)c1ccccc1)N1CC(OCc2cccc(O)c2)C1. The van der Waals surface area contributed by atoms with Crippen LogP contribution in [0.1, 0.15) is 43.4 Å². The highest BCUT2D eigenvalue weighted by atomic mass is 16.5. The van der Waals surface area contributed by atoms with Crippen molar-refractivity contribution in [3.8, 4) is 5.75 Å². The zero-order valence-corrected chi connectivity index (χ0v) is 20.0. The number of amides is 1. The number of ether oxygens (including phenoxy) is 1. The topological polar surface area (TPSA) is 75.8 Å². The standard InChI is InChI=1S/C29H34N2O3/c1-28(2,31-19-26(20-31)34-21-22-10-9-15-25(32)18-22)16-17-29(27(30)33,23-11-5-3-6-12-23)24-13-7-4-8-14-24/h3-15,18,26,32H,16-17,19-21H2,1-2H3,(H2,30,33). The smallest absolute Gasteiger partial charge is 0.232 e. The molecule has 3 N–H and O–H groups in total. The average molecular weight is 459 g/mol. The number of hydrogen-bond donors (Lipinski definition) is 2. The van der Waals surface area contributed by atoms with Gasteiger partial charge in [-0.15, -0.1) is 0 Å². The Morgan fingerprint density at radius 2 is 1.53 bits per heavy atom. The van der Waals surface area contributed by atoms with Crippen LogP contribution in [0.15, 0.2) is 84.9 Å². The van der Waals surface area contributed by atoms with E-state index in [9.17, 15) is 9.90 Å². The van der Waals surface area contributed by atoms with Crippen LogP contribution in [0.25, 0.3) is 0 Å². The van der Waals surface area contributed by atoms with Crippen LogP contribution >= 0.6 is 0 Å². The fourth-order valence-corrected chi connectivity index (χ4v) is 4.86. The molecule has 1 amide bonds. The molecule has 34 heavy (non-hydrogen) atoms. The van der Waals surface area contributed by atoms with Crippen LogP contribution in [0.2, 0.25) is 0 Å². The minimum absolute atomic E-state index is 0.116. The largest absolute Gasteiger partial charge is 0.508 e. The zero-order chi connectivity index (χ0) is 24.2. The van der Waals surface area contributed by atoms with Crippen molar-refractivity contribution in [2.24, 2.45) is 5.73 Å². The van der Waals surface area contributed by atoms with Crippen LogP contribution in [0.4, 0.5) is 0 Å². The van der Waals surface area contributed by atoms with Gasteiger partial charge in [-0.05, 0) is 55.5 Å². The molecule has 4 rings (SSSR count). The summed E-state index contributed by atoms with van der Waals surface area (Å²) < 4.78 is 6.04. The van der Waals surface area contributed by atoms with Crippen molar-refractivity contribution in [2.45, 2.75) is 50.4 Å². The molecule has 1 aliphatic rings. The van der Waals surface area contributed by atoms with Gasteiger partial charge in [0.15, 0.2) is 0 Å². The third-order valence-corrected chi connectivity index (χ3v) is 7.17. The molecule has 3 aromatic rings. The van der Waals surface area contributed by atoms with E-state index in [1.54, 1.807) is 12.1 Å². The number of rotatable bonds is 10. The van der Waals surface area contributed by atoms with Gasteiger partial charge >= 0.3 is 0 Å². The lowest BCUT2D eigenvalue weighted by Crippen LogP contribution is -2.61. The lowest BCUT2D eigenvalue weighted by molar-refractivity contribution is -0.123. The molecular formula is C29H34N2O3. The summed E-state index contributed by atoms with van der Waals surface area (Å²) in [6.07, 6.45) is 1.58. The van der Waals surface area contributed by atoms with Crippen molar-refractivity contribution in [1.29, 1.82) is 0 Å². The maximum Gasteiger partial charge on any atom is 0.232 e. The lowest BCUT2D eigenvalue weighted by Gasteiger charge is -2.50. The van der Waals surface area contributed by atoms with Crippen LogP contribution < -0.4 is 5.73 Å². The molecule has 0 atom stereocenters. The van der Waals surface area contributed by atoms with Crippen LogP contribution in [-0.2, 0) is 21.6 Å². The van der Waals surface area contributed by atoms with E-state index in [0.29, 0.717) is 13.0 Å². The summed E-state index contributed by atoms with van der Waals surface area (Å²) >= 11 is 0. The molecular weight excluding hydrogens is 424 g/mol. The quantitative estimate of drug-likeness (QED) is 0.465. The molecule has 1 heterocycles. The maximum absolute atomic E-state index is 13.1. The van der Waals surface area contributed by atoms with Crippen LogP contribution in [0.3, 0.4) is 0 Å². The molecule has 3 aromatic carbocycles. The number of likely N-dealkylation sites (tertiary alicyclic amines) is 1. The van der Waals surface area contributed by atoms with E-state index in [-0.39, 0.29) is 23.3 Å². The van der Waals surface area contributed by atoms with Gasteiger partial charge in [-0.3, -0.25) is 9.69 Å². The highest BCUT2D eigenvalue weighted by Gasteiger charge is 2.44. The van der Waals surface area contributed by atoms with Crippen LogP contribution in [-0.4, -0.2) is 40.6 Å². The molecule has 1 fully saturated rings. The van der Waals surface area contributed by atoms with Gasteiger partial charge in [0.2, 0.25) is 5.91 Å². The van der Waals surface area contributed by atoms with Gasteiger partial charge in [0, 0.05) is 18.6 Å². The van der Waals surface area contributed by atoms with E-state index in [1.807, 2.05) is 72.8 Å². The third-order valence-electron chi connectivity index (χ3n) is 7.17. The summed E-state index contributed by atoms with van der Waals surface area (Å²) in [7, 11) is 0. The molecule has 1 aliphatic heterocycles. The highest BCUT2D eigenvalue weighted by Crippen LogP contribution is 2.40. The number of primary amides is 1. The van der Waals surface area contributed by atoms with E-state index in [1.165, 1.54) is 0 Å². The average Bonchev–Trinajstić information content (AvgIpc) is 2.79. The minimum atomic E-state index is -0.879. The number of aromatic hydroxyl groups is 1. The van der Waals surface area contributed by atoms with Gasteiger partial charge in [0.25, 0.3) is 0 Å². The normalized spacial score (nSPS) is 15.1. The van der Waals surface area contributed by atoms with Crippen molar-refractivity contribution in [3.05, 3.63) is 102 Å². The van der Waals surface area contributed by atoms with Gasteiger partial charge in [-0.25, -0.2) is 0 Å². The Labute approximate surface area is 202 Å². The molecule has 178 valence electrons. The summed E-state index contributed by atoms with van der Waals surface area (Å²) in [6, 6.07) is 26.9. The molecule has 0 saturated carbocycles. The molecule has 0 aliphatic carbocycles. The molecule has 5 heteroatoms. The van der Waals surface area contributed by atoms with Gasteiger partial charge < -0.3 is 15.6 Å². The lowest BCUT2D eigenvalue weighted by atomic mass is 9.69. The van der Waals surface area contributed by atoms with Crippen molar-refractivity contribution >= 4 is 5.91 Å². The number of nitrogens with two attached hydrogens (primary N) is 1. The first-order chi connectivity index (χ1) is 16.3. The summed E-state index contributed by atoms with van der Waals surface area (Å²) in [5.41, 5.74) is 7.96. The third kappa shape index (κ3) is 5.01. The number of benzene rings is 3. The Balaban J connectivity index is 1.44. The molecule has 0 unspecified atom stereocenters. The van der Waals surface area contributed by atoms with E-state index in [4.69, 9.17) is 10.5 Å². The van der Waals surface area contributed by atoms with Crippen LogP contribution in [0.5, 0.6) is 5.75 Å². The first kappa shape index (κ1) is 24.0. The summed E-state index contributed by atoms with van der Waals surface area (Å²) in [6.45, 7) is 6.61. The molecule has 0 radical (unpaired) electrons. The minimum Gasteiger partial charge on any atom is -0.508 e. The first-order valence-corrected chi connectivity index (χ1v) is 11.9. The highest BCUT2D eigenvalue weighted by molar-refractivity contribution is 5.90. The second-order valence-electron chi connectivity index (χ2n) is 9.82. The number of nitrogens with zero attached hydrogens (tertiary/aromatic N) is 1. The predicted octanol–water partition coefficient (Wildman–Crippen LogP) is 4.62. The Kier molecular flexibility index (Phi) is 7.05. The van der Waals surface area contributed by atoms with E-state index >= 15 is 0 Å². The summed E-state index contributed by atoms with van der Waals surface area (Å²) in [5.74, 6) is -0.0659. The van der Waals surface area contributed by atoms with E-state index < -0.39 is 5.41 Å². The second-order valence-corrected chi connectivity index (χ2v) is 9.82. The first-order valence-electron chi connectivity index (χ1n) is 11.9. The van der Waals surface area contributed by atoms with Gasteiger partial charge in [0.05, 0.1) is 18.1 Å². The molecule has 5 nitrogen and oxygen atoms in total. The summed E-state index contributed by atoms with van der Waals surface area (Å²) in [5, 5.41) is 9.63. The predicted molar refractivity (Wildman–Crippen MR) is 134 cm³/mol. The van der Waals surface area contributed by atoms with Gasteiger partial charge in [0.1, 0.15) is 5.75 Å². The fraction of sp³-hybridized carbons (Fsp3) is 0.345.